The minimum absolute atomic E-state index is 0.105. The molecule has 0 radical (unpaired) electrons. The Balaban J connectivity index is 1.37. The molecule has 41 heavy (non-hydrogen) atoms. The Hall–Kier alpha value is -4.50. The molecule has 5 heterocycles. The molecule has 208 valence electrons. The van der Waals surface area contributed by atoms with Crippen LogP contribution < -0.4 is 0 Å². The molecular weight excluding hydrogens is 525 g/mol. The van der Waals surface area contributed by atoms with Crippen LogP contribution in [-0.4, -0.2) is 55.6 Å². The van der Waals surface area contributed by atoms with Gasteiger partial charge in [0.1, 0.15) is 5.82 Å². The summed E-state index contributed by atoms with van der Waals surface area (Å²) in [6.07, 6.45) is 9.09. The summed E-state index contributed by atoms with van der Waals surface area (Å²) in [5, 5.41) is 9.24. The summed E-state index contributed by atoms with van der Waals surface area (Å²) in [4.78, 5) is 14.1. The van der Waals surface area contributed by atoms with E-state index >= 15 is 0 Å². The van der Waals surface area contributed by atoms with Crippen LogP contribution in [0.3, 0.4) is 0 Å². The fourth-order valence-electron chi connectivity index (χ4n) is 5.41. The summed E-state index contributed by atoms with van der Waals surface area (Å²) in [5.74, 6) is -2.94. The second kappa shape index (κ2) is 10.5. The van der Waals surface area contributed by atoms with Crippen molar-refractivity contribution in [1.29, 1.82) is 0 Å². The number of likely N-dealkylation sites (tertiary alicyclic amines) is 1. The average Bonchev–Trinajstić information content (AvgIpc) is 3.63. The third kappa shape index (κ3) is 5.58. The van der Waals surface area contributed by atoms with E-state index < -0.39 is 5.92 Å². The van der Waals surface area contributed by atoms with Crippen molar-refractivity contribution in [2.75, 3.05) is 19.6 Å². The maximum atomic E-state index is 14.0. The minimum Gasteiger partial charge on any atom is -0.352 e. The Morgan fingerprint density at radius 2 is 1.95 bits per heavy atom. The van der Waals surface area contributed by atoms with Crippen LogP contribution in [0.15, 0.2) is 84.9 Å². The van der Waals surface area contributed by atoms with Crippen molar-refractivity contribution >= 4 is 27.5 Å². The number of aromatic nitrogens is 5. The van der Waals surface area contributed by atoms with Crippen molar-refractivity contribution in [3.05, 3.63) is 96.2 Å². The summed E-state index contributed by atoms with van der Waals surface area (Å²) >= 11 is 0. The number of H-pyrrole nitrogens is 2. The molecule has 1 aromatic carbocycles. The number of alkyl halides is 2. The smallest absolute Gasteiger partial charge is 0.261 e. The average molecular weight is 555 g/mol. The van der Waals surface area contributed by atoms with E-state index in [1.54, 1.807) is 29.6 Å². The van der Waals surface area contributed by atoms with E-state index in [9.17, 15) is 13.2 Å². The zero-order chi connectivity index (χ0) is 28.7. The molecule has 0 spiro atoms. The standard InChI is InChI=1S/C32H29F3N6/c1-19(2)9-22(10-20(3)17-41-8-7-32(34,35)18-41)23-12-26-30(39-40-31(26)37-14-23)28-13-25-27(15-36-16-29(25)38-28)21-5-4-6-24(33)11-21/h4-6,9-16,38H,1,7-8,17-18H2,2-3H3,(H,37,39,40)/b20-10+,22-9+. The van der Waals surface area contributed by atoms with Crippen LogP contribution in [0.2, 0.25) is 0 Å². The molecular formula is C32H29F3N6. The quantitative estimate of drug-likeness (QED) is 0.204. The summed E-state index contributed by atoms with van der Waals surface area (Å²) in [5.41, 5.74) is 8.03. The van der Waals surface area contributed by atoms with Gasteiger partial charge in [-0.05, 0) is 49.2 Å². The molecule has 4 aromatic heterocycles. The number of halogens is 3. The molecule has 6 nitrogen and oxygen atoms in total. The van der Waals surface area contributed by atoms with Crippen LogP contribution in [0.25, 0.3) is 50.0 Å². The third-order valence-electron chi connectivity index (χ3n) is 7.22. The lowest BCUT2D eigenvalue weighted by Gasteiger charge is -2.16. The number of nitrogens with one attached hydrogen (secondary N) is 2. The first-order chi connectivity index (χ1) is 19.6. The molecule has 1 saturated heterocycles. The first kappa shape index (κ1) is 26.7. The highest BCUT2D eigenvalue weighted by Gasteiger charge is 2.37. The molecule has 0 saturated carbocycles. The molecule has 0 bridgehead atoms. The first-order valence-corrected chi connectivity index (χ1v) is 13.4. The van der Waals surface area contributed by atoms with Gasteiger partial charge in [0.25, 0.3) is 5.92 Å². The monoisotopic (exact) mass is 554 g/mol. The molecule has 6 rings (SSSR count). The molecule has 1 aliphatic heterocycles. The second-order valence-electron chi connectivity index (χ2n) is 10.8. The Labute approximate surface area is 235 Å². The number of allylic oxidation sites excluding steroid dienone is 4. The molecule has 5 aromatic rings. The zero-order valence-corrected chi connectivity index (χ0v) is 22.8. The van der Waals surface area contributed by atoms with Crippen LogP contribution in [0.4, 0.5) is 13.2 Å². The lowest BCUT2D eigenvalue weighted by atomic mass is 10.0. The van der Waals surface area contributed by atoms with Crippen molar-refractivity contribution in [2.45, 2.75) is 26.2 Å². The van der Waals surface area contributed by atoms with Crippen LogP contribution >= 0.6 is 0 Å². The highest BCUT2D eigenvalue weighted by molar-refractivity contribution is 6.00. The summed E-state index contributed by atoms with van der Waals surface area (Å²) in [6, 6.07) is 10.5. The van der Waals surface area contributed by atoms with Crippen molar-refractivity contribution in [3.63, 3.8) is 0 Å². The largest absolute Gasteiger partial charge is 0.352 e. The molecule has 2 N–H and O–H groups in total. The SMILES string of the molecule is C=C(C)/C=C(\C=C(/C)CN1CCC(F)(F)C1)c1cnc2n[nH]c(-c3cc4c(-c5cccc(F)c5)cncc4[nH]3)c2c1. The number of hydrogen-bond donors (Lipinski definition) is 2. The van der Waals surface area contributed by atoms with Crippen LogP contribution in [-0.2, 0) is 0 Å². The Kier molecular flexibility index (Phi) is 6.83. The van der Waals surface area contributed by atoms with Crippen molar-refractivity contribution < 1.29 is 13.2 Å². The number of aromatic amines is 2. The van der Waals surface area contributed by atoms with E-state index in [2.05, 4.69) is 31.7 Å². The van der Waals surface area contributed by atoms with Gasteiger partial charge in [-0.1, -0.05) is 42.0 Å². The van der Waals surface area contributed by atoms with E-state index in [0.29, 0.717) is 18.7 Å². The highest BCUT2D eigenvalue weighted by atomic mass is 19.3. The van der Waals surface area contributed by atoms with Crippen molar-refractivity contribution in [2.24, 2.45) is 0 Å². The molecule has 1 fully saturated rings. The van der Waals surface area contributed by atoms with Gasteiger partial charge < -0.3 is 4.98 Å². The van der Waals surface area contributed by atoms with E-state index in [1.807, 2.05) is 44.2 Å². The van der Waals surface area contributed by atoms with Gasteiger partial charge in [0, 0.05) is 53.8 Å². The van der Waals surface area contributed by atoms with Gasteiger partial charge >= 0.3 is 0 Å². The van der Waals surface area contributed by atoms with Gasteiger partial charge in [-0.25, -0.2) is 18.2 Å². The Morgan fingerprint density at radius 1 is 1.10 bits per heavy atom. The third-order valence-corrected chi connectivity index (χ3v) is 7.22. The second-order valence-corrected chi connectivity index (χ2v) is 10.8. The number of rotatable bonds is 7. The molecule has 0 unspecified atom stereocenters. The van der Waals surface area contributed by atoms with Gasteiger partial charge in [-0.2, -0.15) is 5.10 Å². The van der Waals surface area contributed by atoms with Gasteiger partial charge in [0.2, 0.25) is 0 Å². The van der Waals surface area contributed by atoms with Crippen LogP contribution in [0.5, 0.6) is 0 Å². The van der Waals surface area contributed by atoms with Crippen LogP contribution in [0.1, 0.15) is 25.8 Å². The van der Waals surface area contributed by atoms with Crippen LogP contribution in [0, 0.1) is 5.82 Å². The number of hydrogen-bond acceptors (Lipinski definition) is 4. The van der Waals surface area contributed by atoms with Gasteiger partial charge in [0.15, 0.2) is 5.65 Å². The van der Waals surface area contributed by atoms with Gasteiger partial charge in [-0.15, -0.1) is 0 Å². The number of fused-ring (bicyclic) bond motifs is 2. The van der Waals surface area contributed by atoms with Gasteiger partial charge in [0.05, 0.1) is 29.6 Å². The summed E-state index contributed by atoms with van der Waals surface area (Å²) < 4.78 is 41.4. The van der Waals surface area contributed by atoms with Crippen molar-refractivity contribution in [1.82, 2.24) is 30.0 Å². The van der Waals surface area contributed by atoms with E-state index in [0.717, 1.165) is 61.1 Å². The van der Waals surface area contributed by atoms with Crippen molar-refractivity contribution in [3.8, 4) is 22.5 Å². The lowest BCUT2D eigenvalue weighted by molar-refractivity contribution is 0.0131. The zero-order valence-electron chi connectivity index (χ0n) is 22.8. The van der Waals surface area contributed by atoms with E-state index in [1.165, 1.54) is 12.1 Å². The molecule has 0 aliphatic carbocycles. The first-order valence-electron chi connectivity index (χ1n) is 13.4. The maximum absolute atomic E-state index is 14.0. The Bertz CT molecular complexity index is 1840. The summed E-state index contributed by atoms with van der Waals surface area (Å²) in [6.45, 7) is 8.53. The predicted molar refractivity (Wildman–Crippen MR) is 157 cm³/mol. The number of nitrogens with zero attached hydrogens (tertiary/aromatic N) is 4. The maximum Gasteiger partial charge on any atom is 0.261 e. The summed E-state index contributed by atoms with van der Waals surface area (Å²) in [7, 11) is 0. The number of pyridine rings is 2. The lowest BCUT2D eigenvalue weighted by Crippen LogP contribution is -2.26. The topological polar surface area (TPSA) is 73.5 Å². The fraction of sp³-hybridized carbons (Fsp3) is 0.219. The van der Waals surface area contributed by atoms with E-state index in [-0.39, 0.29) is 18.8 Å². The Morgan fingerprint density at radius 3 is 2.71 bits per heavy atom. The molecule has 1 aliphatic rings. The number of benzene rings is 1. The molecule has 9 heteroatoms. The molecule has 0 amide bonds. The minimum atomic E-state index is -2.62. The molecule has 0 atom stereocenters. The highest BCUT2D eigenvalue weighted by Crippen LogP contribution is 2.34. The van der Waals surface area contributed by atoms with E-state index in [4.69, 9.17) is 0 Å². The normalized spacial score (nSPS) is 16.2. The predicted octanol–water partition coefficient (Wildman–Crippen LogP) is 7.55. The van der Waals surface area contributed by atoms with Gasteiger partial charge in [-0.3, -0.25) is 15.0 Å². The fourth-order valence-corrected chi connectivity index (χ4v) is 5.41.